The fourth-order valence-corrected chi connectivity index (χ4v) is 2.54. The number of hydrogen-bond donors (Lipinski definition) is 1. The standard InChI is InChI=1S/C12H21N5S/c1-13-10-7-11(15-12(14-10)18-4)17-6-5-9(8-17)16(2)3/h7,9H,5-6,8H2,1-4H3,(H,13,14,15). The van der Waals surface area contributed by atoms with E-state index in [1.807, 2.05) is 19.4 Å². The molecule has 0 spiro atoms. The fourth-order valence-electron chi connectivity index (χ4n) is 2.17. The van der Waals surface area contributed by atoms with Crippen molar-refractivity contribution in [2.75, 3.05) is 50.7 Å². The molecule has 1 aromatic rings. The number of nitrogens with one attached hydrogen (secondary N) is 1. The molecule has 2 rings (SSSR count). The van der Waals surface area contributed by atoms with Crippen LogP contribution in [0.5, 0.6) is 0 Å². The summed E-state index contributed by atoms with van der Waals surface area (Å²) in [7, 11) is 6.17. The maximum Gasteiger partial charge on any atom is 0.191 e. The van der Waals surface area contributed by atoms with Crippen LogP contribution < -0.4 is 10.2 Å². The molecule has 1 unspecified atom stereocenters. The summed E-state index contributed by atoms with van der Waals surface area (Å²) >= 11 is 1.58. The van der Waals surface area contributed by atoms with E-state index in [9.17, 15) is 0 Å². The highest BCUT2D eigenvalue weighted by Gasteiger charge is 2.25. The SMILES string of the molecule is CNc1cc(N2CCC(N(C)C)C2)nc(SC)n1. The molecule has 2 heterocycles. The third kappa shape index (κ3) is 2.87. The molecule has 6 heteroatoms. The summed E-state index contributed by atoms with van der Waals surface area (Å²) in [6, 6.07) is 2.65. The van der Waals surface area contributed by atoms with Gasteiger partial charge in [-0.1, -0.05) is 11.8 Å². The van der Waals surface area contributed by atoms with Gasteiger partial charge in [0, 0.05) is 32.2 Å². The van der Waals surface area contributed by atoms with Crippen LogP contribution in [0.1, 0.15) is 6.42 Å². The van der Waals surface area contributed by atoms with Crippen molar-refractivity contribution in [3.63, 3.8) is 0 Å². The highest BCUT2D eigenvalue weighted by atomic mass is 32.2. The van der Waals surface area contributed by atoms with Crippen molar-refractivity contribution < 1.29 is 0 Å². The van der Waals surface area contributed by atoms with Crippen LogP contribution in [0.4, 0.5) is 11.6 Å². The van der Waals surface area contributed by atoms with Crippen molar-refractivity contribution in [1.29, 1.82) is 0 Å². The van der Waals surface area contributed by atoms with Gasteiger partial charge in [0.25, 0.3) is 0 Å². The number of thioether (sulfide) groups is 1. The lowest BCUT2D eigenvalue weighted by molar-refractivity contribution is 0.315. The minimum Gasteiger partial charge on any atom is -0.373 e. The van der Waals surface area contributed by atoms with Crippen LogP contribution in [0, 0.1) is 0 Å². The minimum absolute atomic E-state index is 0.621. The second-order valence-corrected chi connectivity index (χ2v) is 5.47. The van der Waals surface area contributed by atoms with E-state index in [2.05, 4.69) is 39.2 Å². The predicted molar refractivity (Wildman–Crippen MR) is 77.7 cm³/mol. The Kier molecular flexibility index (Phi) is 4.29. The van der Waals surface area contributed by atoms with E-state index in [0.717, 1.165) is 29.9 Å². The molecular weight excluding hydrogens is 246 g/mol. The molecule has 0 aliphatic carbocycles. The van der Waals surface area contributed by atoms with Crippen LogP contribution in [-0.4, -0.2) is 61.4 Å². The fraction of sp³-hybridized carbons (Fsp3) is 0.667. The molecule has 1 aliphatic heterocycles. The van der Waals surface area contributed by atoms with Crippen molar-refractivity contribution in [3.05, 3.63) is 6.07 Å². The third-order valence-corrected chi connectivity index (χ3v) is 3.90. The molecule has 0 amide bonds. The normalized spacial score (nSPS) is 19.6. The lowest BCUT2D eigenvalue weighted by atomic mass is 10.2. The molecule has 1 aromatic heterocycles. The lowest BCUT2D eigenvalue weighted by Gasteiger charge is -2.21. The van der Waals surface area contributed by atoms with Crippen molar-refractivity contribution >= 4 is 23.4 Å². The molecule has 0 aromatic carbocycles. The number of hydrogen-bond acceptors (Lipinski definition) is 6. The first-order valence-corrected chi connectivity index (χ1v) is 7.38. The van der Waals surface area contributed by atoms with Crippen molar-refractivity contribution in [3.8, 4) is 0 Å². The van der Waals surface area contributed by atoms with Gasteiger partial charge in [0.05, 0.1) is 0 Å². The molecule has 0 bridgehead atoms. The van der Waals surface area contributed by atoms with Gasteiger partial charge in [-0.3, -0.25) is 0 Å². The molecule has 1 fully saturated rings. The number of anilines is 2. The van der Waals surface area contributed by atoms with Crippen LogP contribution in [0.15, 0.2) is 11.2 Å². The lowest BCUT2D eigenvalue weighted by Crippen LogP contribution is -2.31. The van der Waals surface area contributed by atoms with Gasteiger partial charge in [0.15, 0.2) is 5.16 Å². The van der Waals surface area contributed by atoms with Gasteiger partial charge >= 0.3 is 0 Å². The highest BCUT2D eigenvalue weighted by molar-refractivity contribution is 7.98. The first kappa shape index (κ1) is 13.4. The Hall–Kier alpha value is -1.01. The van der Waals surface area contributed by atoms with E-state index in [0.29, 0.717) is 6.04 Å². The van der Waals surface area contributed by atoms with E-state index in [-0.39, 0.29) is 0 Å². The second-order valence-electron chi connectivity index (χ2n) is 4.70. The zero-order chi connectivity index (χ0) is 13.1. The topological polar surface area (TPSA) is 44.3 Å². The van der Waals surface area contributed by atoms with Crippen LogP contribution >= 0.6 is 11.8 Å². The molecule has 18 heavy (non-hydrogen) atoms. The van der Waals surface area contributed by atoms with Crippen molar-refractivity contribution in [1.82, 2.24) is 14.9 Å². The quantitative estimate of drug-likeness (QED) is 0.657. The minimum atomic E-state index is 0.621. The van der Waals surface area contributed by atoms with Crippen molar-refractivity contribution in [2.45, 2.75) is 17.6 Å². The van der Waals surface area contributed by atoms with E-state index >= 15 is 0 Å². The van der Waals surface area contributed by atoms with Gasteiger partial charge in [-0.25, -0.2) is 9.97 Å². The molecule has 1 aliphatic rings. The smallest absolute Gasteiger partial charge is 0.191 e. The van der Waals surface area contributed by atoms with Gasteiger partial charge < -0.3 is 15.1 Å². The number of rotatable bonds is 4. The zero-order valence-corrected chi connectivity index (χ0v) is 12.3. The average molecular weight is 267 g/mol. The van der Waals surface area contributed by atoms with Gasteiger partial charge in [-0.15, -0.1) is 0 Å². The molecule has 1 N–H and O–H groups in total. The van der Waals surface area contributed by atoms with E-state index in [4.69, 9.17) is 0 Å². The molecule has 1 saturated heterocycles. The monoisotopic (exact) mass is 267 g/mol. The Labute approximate surface area is 113 Å². The second kappa shape index (κ2) is 5.75. The van der Waals surface area contributed by atoms with Crippen LogP contribution in [0.3, 0.4) is 0 Å². The Balaban J connectivity index is 2.18. The predicted octanol–water partition coefficient (Wildman–Crippen LogP) is 1.38. The first-order chi connectivity index (χ1) is 8.63. The summed E-state index contributed by atoms with van der Waals surface area (Å²) in [5.41, 5.74) is 0. The summed E-state index contributed by atoms with van der Waals surface area (Å²) in [5, 5.41) is 3.92. The van der Waals surface area contributed by atoms with Crippen molar-refractivity contribution in [2.24, 2.45) is 0 Å². The Morgan fingerprint density at radius 3 is 2.78 bits per heavy atom. The maximum absolute atomic E-state index is 4.59. The number of aromatic nitrogens is 2. The first-order valence-electron chi connectivity index (χ1n) is 6.16. The Bertz CT molecular complexity index is 387. The number of likely N-dealkylation sites (N-methyl/N-ethyl adjacent to an activating group) is 1. The van der Waals surface area contributed by atoms with Gasteiger partial charge in [-0.05, 0) is 26.8 Å². The summed E-state index contributed by atoms with van der Waals surface area (Å²) in [6.07, 6.45) is 3.20. The molecule has 5 nitrogen and oxygen atoms in total. The van der Waals surface area contributed by atoms with Crippen LogP contribution in [-0.2, 0) is 0 Å². The molecule has 0 radical (unpaired) electrons. The van der Waals surface area contributed by atoms with E-state index in [1.165, 1.54) is 6.42 Å². The van der Waals surface area contributed by atoms with E-state index in [1.54, 1.807) is 11.8 Å². The molecule has 0 saturated carbocycles. The van der Waals surface area contributed by atoms with Gasteiger partial charge in [-0.2, -0.15) is 0 Å². The van der Waals surface area contributed by atoms with Crippen LogP contribution in [0.25, 0.3) is 0 Å². The molecular formula is C12H21N5S. The summed E-state index contributed by atoms with van der Waals surface area (Å²) in [6.45, 7) is 2.11. The molecule has 1 atom stereocenters. The summed E-state index contributed by atoms with van der Waals surface area (Å²) in [5.74, 6) is 1.92. The third-order valence-electron chi connectivity index (χ3n) is 3.35. The summed E-state index contributed by atoms with van der Waals surface area (Å²) < 4.78 is 0. The van der Waals surface area contributed by atoms with Gasteiger partial charge in [0.1, 0.15) is 11.6 Å². The molecule has 100 valence electrons. The maximum atomic E-state index is 4.59. The van der Waals surface area contributed by atoms with E-state index < -0.39 is 0 Å². The largest absolute Gasteiger partial charge is 0.373 e. The van der Waals surface area contributed by atoms with Gasteiger partial charge in [0.2, 0.25) is 0 Å². The Morgan fingerprint density at radius 2 is 2.22 bits per heavy atom. The summed E-state index contributed by atoms with van der Waals surface area (Å²) in [4.78, 5) is 13.6. The zero-order valence-electron chi connectivity index (χ0n) is 11.5. The number of nitrogens with zero attached hydrogens (tertiary/aromatic N) is 4. The average Bonchev–Trinajstić information content (AvgIpc) is 2.87. The highest BCUT2D eigenvalue weighted by Crippen LogP contribution is 2.24. The van der Waals surface area contributed by atoms with Crippen LogP contribution in [0.2, 0.25) is 0 Å². The Morgan fingerprint density at radius 1 is 1.44 bits per heavy atom.